The third-order valence-corrected chi connectivity index (χ3v) is 4.17. The van der Waals surface area contributed by atoms with Gasteiger partial charge in [0.2, 0.25) is 0 Å². The molecule has 4 heteroatoms. The van der Waals surface area contributed by atoms with Gasteiger partial charge in [-0.25, -0.2) is 0 Å². The number of benzene rings is 1. The first-order valence-electron chi connectivity index (χ1n) is 6.81. The summed E-state index contributed by atoms with van der Waals surface area (Å²) in [5.74, 6) is 1.27. The van der Waals surface area contributed by atoms with Crippen molar-refractivity contribution in [2.45, 2.75) is 24.8 Å². The lowest BCUT2D eigenvalue weighted by Crippen LogP contribution is -2.34. The van der Waals surface area contributed by atoms with Gasteiger partial charge in [0.1, 0.15) is 5.75 Å². The van der Waals surface area contributed by atoms with Crippen LogP contribution in [0.4, 0.5) is 0 Å². The number of hydrogen-bond acceptors (Lipinski definition) is 3. The van der Waals surface area contributed by atoms with E-state index in [4.69, 9.17) is 22.1 Å². The molecular formula is C16H17ClN2O. The Morgan fingerprint density at radius 1 is 1.35 bits per heavy atom. The lowest BCUT2D eigenvalue weighted by molar-refractivity contribution is 0.254. The number of pyridine rings is 1. The van der Waals surface area contributed by atoms with Crippen LogP contribution in [-0.2, 0) is 6.42 Å². The predicted octanol–water partition coefficient (Wildman–Crippen LogP) is 3.17. The Morgan fingerprint density at radius 2 is 2.20 bits per heavy atom. The molecule has 2 heterocycles. The highest BCUT2D eigenvalue weighted by Gasteiger charge is 2.26. The van der Waals surface area contributed by atoms with Gasteiger partial charge in [-0.2, -0.15) is 0 Å². The van der Waals surface area contributed by atoms with Crippen molar-refractivity contribution in [1.29, 1.82) is 0 Å². The summed E-state index contributed by atoms with van der Waals surface area (Å²) in [5.41, 5.74) is 8.69. The van der Waals surface area contributed by atoms with Gasteiger partial charge in [0, 0.05) is 24.4 Å². The van der Waals surface area contributed by atoms with E-state index >= 15 is 0 Å². The van der Waals surface area contributed by atoms with Gasteiger partial charge in [0.25, 0.3) is 0 Å². The van der Waals surface area contributed by atoms with E-state index in [0.29, 0.717) is 10.9 Å². The number of halogens is 1. The van der Waals surface area contributed by atoms with E-state index in [2.05, 4.69) is 11.1 Å². The Morgan fingerprint density at radius 3 is 3.05 bits per heavy atom. The zero-order chi connectivity index (χ0) is 13.9. The van der Waals surface area contributed by atoms with Crippen molar-refractivity contribution in [1.82, 2.24) is 4.98 Å². The van der Waals surface area contributed by atoms with Crippen LogP contribution in [0.25, 0.3) is 0 Å². The van der Waals surface area contributed by atoms with Crippen molar-refractivity contribution < 1.29 is 4.74 Å². The molecule has 2 N–H and O–H groups in total. The first kappa shape index (κ1) is 13.4. The van der Waals surface area contributed by atoms with Gasteiger partial charge in [-0.3, -0.25) is 4.98 Å². The standard InChI is InChI=1S/C16H17ClN2O/c17-14-10-19-7-5-11(14)9-15(18)12-6-8-20-16-4-2-1-3-13(12)16/h1-5,7,10,12,15H,6,8-9,18H2. The van der Waals surface area contributed by atoms with Crippen molar-refractivity contribution in [2.24, 2.45) is 5.73 Å². The van der Waals surface area contributed by atoms with Crippen LogP contribution in [0.15, 0.2) is 42.7 Å². The maximum Gasteiger partial charge on any atom is 0.122 e. The van der Waals surface area contributed by atoms with Crippen LogP contribution < -0.4 is 10.5 Å². The molecule has 1 aliphatic rings. The molecule has 1 aromatic heterocycles. The Bertz CT molecular complexity index is 603. The predicted molar refractivity (Wildman–Crippen MR) is 80.2 cm³/mol. The Hall–Kier alpha value is -1.58. The maximum atomic E-state index is 6.43. The van der Waals surface area contributed by atoms with Crippen LogP contribution in [0.5, 0.6) is 5.75 Å². The minimum absolute atomic E-state index is 0.0277. The molecule has 0 radical (unpaired) electrons. The van der Waals surface area contributed by atoms with Gasteiger partial charge < -0.3 is 10.5 Å². The second-order valence-corrected chi connectivity index (χ2v) is 5.52. The lowest BCUT2D eigenvalue weighted by Gasteiger charge is -2.30. The van der Waals surface area contributed by atoms with Crippen LogP contribution in [-0.4, -0.2) is 17.6 Å². The first-order valence-corrected chi connectivity index (χ1v) is 7.19. The number of nitrogens with zero attached hydrogens (tertiary/aromatic N) is 1. The Kier molecular flexibility index (Phi) is 3.90. The SMILES string of the molecule is NC(Cc1ccncc1Cl)C1CCOc2ccccc21. The minimum atomic E-state index is 0.0277. The van der Waals surface area contributed by atoms with Gasteiger partial charge in [-0.1, -0.05) is 29.8 Å². The zero-order valence-electron chi connectivity index (χ0n) is 11.1. The summed E-state index contributed by atoms with van der Waals surface area (Å²) in [6.07, 6.45) is 5.12. The monoisotopic (exact) mass is 288 g/mol. The van der Waals surface area contributed by atoms with E-state index in [1.807, 2.05) is 24.3 Å². The van der Waals surface area contributed by atoms with Crippen molar-refractivity contribution in [3.05, 3.63) is 58.9 Å². The van der Waals surface area contributed by atoms with Crippen molar-refractivity contribution in [3.63, 3.8) is 0 Å². The number of para-hydroxylation sites is 1. The summed E-state index contributed by atoms with van der Waals surface area (Å²) < 4.78 is 5.69. The second kappa shape index (κ2) is 5.81. The van der Waals surface area contributed by atoms with E-state index in [-0.39, 0.29) is 6.04 Å². The molecule has 0 amide bonds. The van der Waals surface area contributed by atoms with E-state index in [0.717, 1.165) is 30.8 Å². The highest BCUT2D eigenvalue weighted by atomic mass is 35.5. The van der Waals surface area contributed by atoms with Gasteiger partial charge in [-0.05, 0) is 36.1 Å². The number of ether oxygens (including phenoxy) is 1. The third-order valence-electron chi connectivity index (χ3n) is 3.83. The molecule has 1 aliphatic heterocycles. The summed E-state index contributed by atoms with van der Waals surface area (Å²) >= 11 is 6.16. The van der Waals surface area contributed by atoms with Gasteiger partial charge >= 0.3 is 0 Å². The van der Waals surface area contributed by atoms with E-state index in [9.17, 15) is 0 Å². The van der Waals surface area contributed by atoms with Crippen molar-refractivity contribution in [3.8, 4) is 5.75 Å². The summed E-state index contributed by atoms with van der Waals surface area (Å²) in [4.78, 5) is 4.01. The molecular weight excluding hydrogens is 272 g/mol. The highest BCUT2D eigenvalue weighted by Crippen LogP contribution is 2.36. The average Bonchev–Trinajstić information content (AvgIpc) is 2.49. The molecule has 0 fully saturated rings. The minimum Gasteiger partial charge on any atom is -0.493 e. The Labute approximate surface area is 123 Å². The summed E-state index contributed by atoms with van der Waals surface area (Å²) in [7, 11) is 0. The maximum absolute atomic E-state index is 6.43. The molecule has 20 heavy (non-hydrogen) atoms. The number of rotatable bonds is 3. The zero-order valence-corrected chi connectivity index (χ0v) is 11.9. The van der Waals surface area contributed by atoms with E-state index in [1.165, 1.54) is 5.56 Å². The topological polar surface area (TPSA) is 48.1 Å². The number of nitrogens with two attached hydrogens (primary N) is 1. The second-order valence-electron chi connectivity index (χ2n) is 5.12. The molecule has 2 atom stereocenters. The van der Waals surface area contributed by atoms with Gasteiger partial charge in [0.05, 0.1) is 11.6 Å². The average molecular weight is 289 g/mol. The molecule has 0 bridgehead atoms. The van der Waals surface area contributed by atoms with Gasteiger partial charge in [-0.15, -0.1) is 0 Å². The normalized spacial score (nSPS) is 19.0. The quantitative estimate of drug-likeness (QED) is 0.944. The largest absolute Gasteiger partial charge is 0.493 e. The van der Waals surface area contributed by atoms with E-state index in [1.54, 1.807) is 12.4 Å². The summed E-state index contributed by atoms with van der Waals surface area (Å²) in [5, 5.41) is 0.684. The molecule has 104 valence electrons. The molecule has 3 rings (SSSR count). The summed E-state index contributed by atoms with van der Waals surface area (Å²) in [6, 6.07) is 10.1. The van der Waals surface area contributed by atoms with Crippen LogP contribution >= 0.6 is 11.6 Å². The fraction of sp³-hybridized carbons (Fsp3) is 0.312. The third kappa shape index (κ3) is 2.65. The van der Waals surface area contributed by atoms with Gasteiger partial charge in [0.15, 0.2) is 0 Å². The molecule has 1 aromatic carbocycles. The molecule has 3 nitrogen and oxygen atoms in total. The fourth-order valence-electron chi connectivity index (χ4n) is 2.78. The summed E-state index contributed by atoms with van der Waals surface area (Å²) in [6.45, 7) is 0.722. The molecule has 0 saturated heterocycles. The first-order chi connectivity index (χ1) is 9.75. The Balaban J connectivity index is 1.82. The number of fused-ring (bicyclic) bond motifs is 1. The number of aromatic nitrogens is 1. The van der Waals surface area contributed by atoms with E-state index < -0.39 is 0 Å². The molecule has 0 spiro atoms. The van der Waals surface area contributed by atoms with Crippen LogP contribution in [0.2, 0.25) is 5.02 Å². The van der Waals surface area contributed by atoms with Crippen LogP contribution in [0.1, 0.15) is 23.5 Å². The molecule has 0 saturated carbocycles. The van der Waals surface area contributed by atoms with Crippen LogP contribution in [0.3, 0.4) is 0 Å². The molecule has 2 aromatic rings. The van der Waals surface area contributed by atoms with Crippen LogP contribution in [0, 0.1) is 0 Å². The molecule has 2 unspecified atom stereocenters. The lowest BCUT2D eigenvalue weighted by atomic mass is 9.84. The smallest absolute Gasteiger partial charge is 0.122 e. The highest BCUT2D eigenvalue weighted by molar-refractivity contribution is 6.31. The fourth-order valence-corrected chi connectivity index (χ4v) is 2.98. The molecule has 0 aliphatic carbocycles. The number of hydrogen-bond donors (Lipinski definition) is 1. The van der Waals surface area contributed by atoms with Crippen molar-refractivity contribution in [2.75, 3.05) is 6.61 Å². The van der Waals surface area contributed by atoms with Crippen molar-refractivity contribution >= 4 is 11.6 Å².